The van der Waals surface area contributed by atoms with E-state index in [2.05, 4.69) is 17.2 Å². The van der Waals surface area contributed by atoms with Gasteiger partial charge in [0.1, 0.15) is 11.6 Å². The molecule has 0 saturated carbocycles. The minimum atomic E-state index is -0.490. The molecule has 0 saturated heterocycles. The lowest BCUT2D eigenvalue weighted by Crippen LogP contribution is -2.24. The van der Waals surface area contributed by atoms with Crippen molar-refractivity contribution in [1.29, 1.82) is 0 Å². The molecular weight excluding hydrogens is 269 g/mol. The van der Waals surface area contributed by atoms with Crippen LogP contribution in [0.3, 0.4) is 0 Å². The van der Waals surface area contributed by atoms with Crippen molar-refractivity contribution in [2.24, 2.45) is 0 Å². The molecule has 3 nitrogen and oxygen atoms in total. The first-order chi connectivity index (χ1) is 10.2. The number of benzene rings is 2. The minimum absolute atomic E-state index is 0.152. The Kier molecular flexibility index (Phi) is 4.94. The molecule has 4 heteroatoms. The highest BCUT2D eigenvalue weighted by Crippen LogP contribution is 2.18. The van der Waals surface area contributed by atoms with E-state index in [1.165, 1.54) is 19.2 Å². The van der Waals surface area contributed by atoms with E-state index >= 15 is 0 Å². The Labute approximate surface area is 122 Å². The zero-order chi connectivity index (χ0) is 15.1. The third kappa shape index (κ3) is 4.08. The number of methoxy groups -OCH3 is 1. The van der Waals surface area contributed by atoms with Gasteiger partial charge >= 0.3 is 0 Å². The predicted molar refractivity (Wildman–Crippen MR) is 78.6 cm³/mol. The number of hydrogen-bond acceptors (Lipinski definition) is 2. The van der Waals surface area contributed by atoms with E-state index in [0.29, 0.717) is 5.75 Å². The Morgan fingerprint density at radius 2 is 2.00 bits per heavy atom. The van der Waals surface area contributed by atoms with E-state index < -0.39 is 11.7 Å². The summed E-state index contributed by atoms with van der Waals surface area (Å²) in [4.78, 5) is 12.0. The van der Waals surface area contributed by atoms with Gasteiger partial charge < -0.3 is 10.1 Å². The number of amides is 1. The molecule has 0 bridgehead atoms. The summed E-state index contributed by atoms with van der Waals surface area (Å²) in [5.74, 6) is 5.17. The lowest BCUT2D eigenvalue weighted by atomic mass is 10.2. The van der Waals surface area contributed by atoms with Crippen LogP contribution in [-0.4, -0.2) is 19.6 Å². The molecule has 0 aliphatic heterocycles. The van der Waals surface area contributed by atoms with Crippen molar-refractivity contribution in [3.63, 3.8) is 0 Å². The zero-order valence-electron chi connectivity index (χ0n) is 11.5. The molecule has 2 rings (SSSR count). The van der Waals surface area contributed by atoms with Crippen molar-refractivity contribution in [3.8, 4) is 17.6 Å². The average molecular weight is 283 g/mol. The Bertz CT molecular complexity index is 687. The van der Waals surface area contributed by atoms with Crippen LogP contribution < -0.4 is 10.1 Å². The van der Waals surface area contributed by atoms with Gasteiger partial charge in [-0.15, -0.1) is 0 Å². The highest BCUT2D eigenvalue weighted by Gasteiger charge is 2.12. The largest absolute Gasteiger partial charge is 0.496 e. The summed E-state index contributed by atoms with van der Waals surface area (Å²) in [6, 6.07) is 13.2. The maximum atomic E-state index is 13.2. The molecule has 1 N–H and O–H groups in total. The summed E-state index contributed by atoms with van der Waals surface area (Å²) < 4.78 is 18.2. The van der Waals surface area contributed by atoms with Gasteiger partial charge in [0.15, 0.2) is 0 Å². The molecule has 0 radical (unpaired) electrons. The van der Waals surface area contributed by atoms with E-state index in [1.54, 1.807) is 0 Å². The molecule has 0 spiro atoms. The van der Waals surface area contributed by atoms with Crippen LogP contribution in [-0.2, 0) is 0 Å². The van der Waals surface area contributed by atoms with Crippen LogP contribution >= 0.6 is 0 Å². The second kappa shape index (κ2) is 7.11. The number of rotatable bonds is 3. The lowest BCUT2D eigenvalue weighted by molar-refractivity contribution is 0.0955. The number of halogens is 1. The normalized spacial score (nSPS) is 9.43. The second-order valence-electron chi connectivity index (χ2n) is 4.20. The van der Waals surface area contributed by atoms with Crippen molar-refractivity contribution in [2.45, 2.75) is 0 Å². The average Bonchev–Trinajstić information content (AvgIpc) is 2.52. The predicted octanol–water partition coefficient (Wildman–Crippen LogP) is 2.62. The van der Waals surface area contributed by atoms with Crippen molar-refractivity contribution < 1.29 is 13.9 Å². The molecule has 0 unspecified atom stereocenters. The van der Waals surface area contributed by atoms with Gasteiger partial charge in [0.05, 0.1) is 19.2 Å². The maximum absolute atomic E-state index is 13.2. The van der Waals surface area contributed by atoms with Gasteiger partial charge in [-0.05, 0) is 30.3 Å². The van der Waals surface area contributed by atoms with E-state index in [4.69, 9.17) is 4.74 Å². The quantitative estimate of drug-likeness (QED) is 0.879. The molecule has 0 aliphatic carbocycles. The molecule has 1 amide bonds. The van der Waals surface area contributed by atoms with E-state index in [0.717, 1.165) is 11.6 Å². The summed E-state index contributed by atoms with van der Waals surface area (Å²) in [5, 5.41) is 2.61. The first kappa shape index (κ1) is 14.6. The maximum Gasteiger partial charge on any atom is 0.255 e. The second-order valence-corrected chi connectivity index (χ2v) is 4.20. The first-order valence-electron chi connectivity index (χ1n) is 6.36. The van der Waals surface area contributed by atoms with Crippen molar-refractivity contribution in [2.75, 3.05) is 13.7 Å². The summed E-state index contributed by atoms with van der Waals surface area (Å²) in [7, 11) is 1.43. The van der Waals surface area contributed by atoms with Gasteiger partial charge in [0.25, 0.3) is 5.91 Å². The van der Waals surface area contributed by atoms with Gasteiger partial charge in [-0.25, -0.2) is 4.39 Å². The molecule has 21 heavy (non-hydrogen) atoms. The molecule has 0 atom stereocenters. The Morgan fingerprint density at radius 3 is 2.71 bits per heavy atom. The van der Waals surface area contributed by atoms with Crippen LogP contribution in [0.15, 0.2) is 48.5 Å². The number of carbonyl (C=O) groups excluding carboxylic acids is 1. The van der Waals surface area contributed by atoms with Crippen LogP contribution in [0.2, 0.25) is 0 Å². The van der Waals surface area contributed by atoms with Crippen LogP contribution in [0.25, 0.3) is 0 Å². The lowest BCUT2D eigenvalue weighted by Gasteiger charge is -2.07. The SMILES string of the molecule is COc1ccc(F)cc1C(=O)NCC#Cc1ccccc1. The summed E-state index contributed by atoms with van der Waals surface area (Å²) in [6.45, 7) is 0.174. The van der Waals surface area contributed by atoms with Crippen LogP contribution in [0.1, 0.15) is 15.9 Å². The summed E-state index contributed by atoms with van der Waals surface area (Å²) in [5.41, 5.74) is 1.02. The fourth-order valence-electron chi connectivity index (χ4n) is 1.75. The molecular formula is C17H14FNO2. The van der Waals surface area contributed by atoms with Gasteiger partial charge in [-0.2, -0.15) is 0 Å². The Hall–Kier alpha value is -2.80. The topological polar surface area (TPSA) is 38.3 Å². The highest BCUT2D eigenvalue weighted by molar-refractivity contribution is 5.97. The number of carbonyl (C=O) groups is 1. The number of hydrogen-bond donors (Lipinski definition) is 1. The van der Waals surface area contributed by atoms with Crippen molar-refractivity contribution >= 4 is 5.91 Å². The Morgan fingerprint density at radius 1 is 1.24 bits per heavy atom. The monoisotopic (exact) mass is 283 g/mol. The van der Waals surface area contributed by atoms with Crippen LogP contribution in [0, 0.1) is 17.7 Å². The third-order valence-corrected chi connectivity index (χ3v) is 2.75. The minimum Gasteiger partial charge on any atom is -0.496 e. The van der Waals surface area contributed by atoms with Gasteiger partial charge in [-0.1, -0.05) is 30.0 Å². The Balaban J connectivity index is 2.00. The van der Waals surface area contributed by atoms with E-state index in [1.807, 2.05) is 30.3 Å². The molecule has 2 aromatic carbocycles. The molecule has 0 fully saturated rings. The van der Waals surface area contributed by atoms with E-state index in [9.17, 15) is 9.18 Å². The first-order valence-corrected chi connectivity index (χ1v) is 6.36. The summed E-state index contributed by atoms with van der Waals surface area (Å²) in [6.07, 6.45) is 0. The van der Waals surface area contributed by atoms with Gasteiger partial charge in [-0.3, -0.25) is 4.79 Å². The molecule has 2 aromatic rings. The number of nitrogens with one attached hydrogen (secondary N) is 1. The standard InChI is InChI=1S/C17H14FNO2/c1-21-16-10-9-14(18)12-15(16)17(20)19-11-5-8-13-6-3-2-4-7-13/h2-4,6-7,9-10,12H,11H2,1H3,(H,19,20). The molecule has 0 heterocycles. The van der Waals surface area contributed by atoms with Gasteiger partial charge in [0.2, 0.25) is 0 Å². The van der Waals surface area contributed by atoms with Crippen LogP contribution in [0.4, 0.5) is 4.39 Å². The molecule has 0 aromatic heterocycles. The van der Waals surface area contributed by atoms with Crippen molar-refractivity contribution in [1.82, 2.24) is 5.32 Å². The zero-order valence-corrected chi connectivity index (χ0v) is 11.5. The van der Waals surface area contributed by atoms with Crippen LogP contribution in [0.5, 0.6) is 5.75 Å². The molecule has 106 valence electrons. The molecule has 0 aliphatic rings. The smallest absolute Gasteiger partial charge is 0.255 e. The fourth-order valence-corrected chi connectivity index (χ4v) is 1.75. The highest BCUT2D eigenvalue weighted by atomic mass is 19.1. The van der Waals surface area contributed by atoms with E-state index in [-0.39, 0.29) is 12.1 Å². The summed E-state index contributed by atoms with van der Waals surface area (Å²) >= 11 is 0. The van der Waals surface area contributed by atoms with Gasteiger partial charge in [0, 0.05) is 5.56 Å². The van der Waals surface area contributed by atoms with Crippen molar-refractivity contribution in [3.05, 3.63) is 65.5 Å². The third-order valence-electron chi connectivity index (χ3n) is 2.75. The number of ether oxygens (including phenoxy) is 1. The fraction of sp³-hybridized carbons (Fsp3) is 0.118.